The zero-order valence-electron chi connectivity index (χ0n) is 22.4. The Morgan fingerprint density at radius 1 is 0.925 bits per heavy atom. The normalized spacial score (nSPS) is 21.8. The van der Waals surface area contributed by atoms with Crippen molar-refractivity contribution in [3.63, 3.8) is 0 Å². The first kappa shape index (κ1) is 26.5. The van der Waals surface area contributed by atoms with Crippen molar-refractivity contribution in [1.82, 2.24) is 14.9 Å². The monoisotopic (exact) mass is 538 g/mol. The molecule has 2 aliphatic rings. The lowest BCUT2D eigenvalue weighted by Crippen LogP contribution is -2.41. The van der Waals surface area contributed by atoms with Gasteiger partial charge >= 0.3 is 0 Å². The second kappa shape index (κ2) is 12.2. The van der Waals surface area contributed by atoms with Gasteiger partial charge in [0.1, 0.15) is 5.69 Å². The van der Waals surface area contributed by atoms with Gasteiger partial charge in [-0.1, -0.05) is 55.0 Å². The van der Waals surface area contributed by atoms with E-state index < -0.39 is 6.29 Å². The van der Waals surface area contributed by atoms with Crippen molar-refractivity contribution in [2.75, 3.05) is 25.0 Å². The van der Waals surface area contributed by atoms with Crippen LogP contribution >= 0.6 is 0 Å². The van der Waals surface area contributed by atoms with E-state index in [2.05, 4.69) is 20.2 Å². The average Bonchev–Trinajstić information content (AvgIpc) is 3.01. The third-order valence-electron chi connectivity index (χ3n) is 7.62. The Labute approximate surface area is 234 Å². The van der Waals surface area contributed by atoms with Crippen LogP contribution in [0.25, 0.3) is 11.0 Å². The number of aliphatic hydroxyl groups is 1. The molecule has 2 N–H and O–H groups in total. The molecule has 8 heteroatoms. The molecule has 0 bridgehead atoms. The lowest BCUT2D eigenvalue weighted by Gasteiger charge is -2.39. The second-order valence-electron chi connectivity index (χ2n) is 10.5. The van der Waals surface area contributed by atoms with Crippen LogP contribution in [0.3, 0.4) is 0 Å². The maximum absolute atomic E-state index is 13.0. The Hall–Kier alpha value is -3.69. The van der Waals surface area contributed by atoms with Crippen molar-refractivity contribution in [3.05, 3.63) is 101 Å². The number of fused-ring (bicyclic) bond motifs is 1. The predicted octanol–water partition coefficient (Wildman–Crippen LogP) is 5.41. The number of hydrogen-bond donors (Lipinski definition) is 2. The van der Waals surface area contributed by atoms with Gasteiger partial charge in [0, 0.05) is 24.2 Å². The topological polar surface area (TPSA) is 96.8 Å². The minimum Gasteiger partial charge on any atom is -0.392 e. The molecule has 0 aliphatic carbocycles. The van der Waals surface area contributed by atoms with Gasteiger partial charge in [0.2, 0.25) is 0 Å². The van der Waals surface area contributed by atoms with E-state index in [1.54, 1.807) is 0 Å². The number of carbonyl (C=O) groups is 1. The van der Waals surface area contributed by atoms with Crippen molar-refractivity contribution in [1.29, 1.82) is 0 Å². The van der Waals surface area contributed by atoms with Crippen LogP contribution in [0, 0.1) is 0 Å². The van der Waals surface area contributed by atoms with E-state index in [1.807, 2.05) is 72.8 Å². The number of piperidine rings is 1. The molecule has 2 fully saturated rings. The molecule has 1 amide bonds. The lowest BCUT2D eigenvalue weighted by atomic mass is 9.99. The molecule has 3 atom stereocenters. The molecule has 8 nitrogen and oxygen atoms in total. The summed E-state index contributed by atoms with van der Waals surface area (Å²) in [5, 5.41) is 12.4. The highest BCUT2D eigenvalue weighted by Gasteiger charge is 2.33. The Bertz CT molecular complexity index is 1460. The third-order valence-corrected chi connectivity index (χ3v) is 7.62. The minimum absolute atomic E-state index is 0.00508. The number of rotatable bonds is 7. The van der Waals surface area contributed by atoms with Gasteiger partial charge < -0.3 is 24.8 Å². The van der Waals surface area contributed by atoms with E-state index in [-0.39, 0.29) is 30.4 Å². The molecule has 2 aliphatic heterocycles. The summed E-state index contributed by atoms with van der Waals surface area (Å²) in [4.78, 5) is 24.3. The molecular formula is C32H34N4O4. The number of ether oxygens (including phenoxy) is 2. The molecular weight excluding hydrogens is 504 g/mol. The first-order valence-corrected chi connectivity index (χ1v) is 14.0. The summed E-state index contributed by atoms with van der Waals surface area (Å²) in [5.41, 5.74) is 5.07. The summed E-state index contributed by atoms with van der Waals surface area (Å²) in [6.45, 7) is 3.07. The zero-order valence-corrected chi connectivity index (χ0v) is 22.4. The molecule has 3 unspecified atom stereocenters. The van der Waals surface area contributed by atoms with E-state index in [0.29, 0.717) is 11.2 Å². The summed E-state index contributed by atoms with van der Waals surface area (Å²) >= 11 is 0. The predicted molar refractivity (Wildman–Crippen MR) is 153 cm³/mol. The van der Waals surface area contributed by atoms with Crippen LogP contribution in [0.15, 0.2) is 79.0 Å². The van der Waals surface area contributed by atoms with E-state index in [1.165, 1.54) is 25.5 Å². The van der Waals surface area contributed by atoms with Crippen LogP contribution in [0.5, 0.6) is 0 Å². The van der Waals surface area contributed by atoms with Crippen LogP contribution in [0.1, 0.15) is 65.3 Å². The maximum Gasteiger partial charge on any atom is 0.275 e. The van der Waals surface area contributed by atoms with Gasteiger partial charge in [-0.15, -0.1) is 0 Å². The van der Waals surface area contributed by atoms with Gasteiger partial charge in [-0.05, 0) is 61.3 Å². The van der Waals surface area contributed by atoms with Gasteiger partial charge in [0.05, 0.1) is 36.0 Å². The summed E-state index contributed by atoms with van der Waals surface area (Å²) in [6.07, 6.45) is 5.26. The number of anilines is 1. The summed E-state index contributed by atoms with van der Waals surface area (Å²) in [5.74, 6) is -0.328. The van der Waals surface area contributed by atoms with Gasteiger partial charge in [0.15, 0.2) is 6.29 Å². The van der Waals surface area contributed by atoms with Gasteiger partial charge in [-0.2, -0.15) is 0 Å². The van der Waals surface area contributed by atoms with Crippen LogP contribution in [-0.2, 0) is 16.1 Å². The number of likely N-dealkylation sites (tertiary alicyclic amines) is 1. The number of benzene rings is 3. The zero-order chi connectivity index (χ0) is 27.3. The van der Waals surface area contributed by atoms with E-state index in [0.717, 1.165) is 48.3 Å². The number of para-hydroxylation sites is 2. The number of nitrogens with one attached hydrogen (secondary N) is 1. The average molecular weight is 539 g/mol. The van der Waals surface area contributed by atoms with Crippen molar-refractivity contribution in [2.24, 2.45) is 0 Å². The minimum atomic E-state index is -0.580. The molecule has 3 heterocycles. The first-order chi connectivity index (χ1) is 19.6. The fourth-order valence-electron chi connectivity index (χ4n) is 5.49. The summed E-state index contributed by atoms with van der Waals surface area (Å²) in [6, 6.07) is 23.0. The Kier molecular flexibility index (Phi) is 8.11. The Morgan fingerprint density at radius 2 is 1.73 bits per heavy atom. The quantitative estimate of drug-likeness (QED) is 0.325. The standard InChI is InChI=1S/C32H34N4O4/c37-21-22-11-13-23(14-12-22)30-18-26(20-36-15-4-1-5-16-36)39-32(40-30)24-7-6-8-25(17-24)34-31(38)29-19-33-27-9-2-3-10-28(27)35-29/h2-3,6-14,17,19,26,30,32,37H,1,4-5,15-16,18,20-21H2,(H,34,38). The van der Waals surface area contributed by atoms with Crippen molar-refractivity contribution in [3.8, 4) is 0 Å². The van der Waals surface area contributed by atoms with Crippen LogP contribution < -0.4 is 5.32 Å². The first-order valence-electron chi connectivity index (χ1n) is 14.0. The van der Waals surface area contributed by atoms with E-state index in [9.17, 15) is 9.90 Å². The van der Waals surface area contributed by atoms with Crippen molar-refractivity contribution >= 4 is 22.6 Å². The molecule has 0 spiro atoms. The number of hydrogen-bond acceptors (Lipinski definition) is 7. The summed E-state index contributed by atoms with van der Waals surface area (Å²) in [7, 11) is 0. The number of aromatic nitrogens is 2. The highest BCUT2D eigenvalue weighted by molar-refractivity contribution is 6.03. The molecule has 40 heavy (non-hydrogen) atoms. The van der Waals surface area contributed by atoms with Crippen LogP contribution in [0.4, 0.5) is 5.69 Å². The van der Waals surface area contributed by atoms with Crippen molar-refractivity contribution in [2.45, 2.75) is 50.8 Å². The maximum atomic E-state index is 13.0. The molecule has 2 saturated heterocycles. The molecule has 4 aromatic rings. The lowest BCUT2D eigenvalue weighted by molar-refractivity contribution is -0.253. The molecule has 1 aromatic heterocycles. The Morgan fingerprint density at radius 3 is 2.52 bits per heavy atom. The Balaban J connectivity index is 1.21. The molecule has 206 valence electrons. The third kappa shape index (κ3) is 6.21. The number of carbonyl (C=O) groups excluding carboxylic acids is 1. The van der Waals surface area contributed by atoms with E-state index >= 15 is 0 Å². The van der Waals surface area contributed by atoms with Crippen molar-refractivity contribution < 1.29 is 19.4 Å². The molecule has 0 saturated carbocycles. The van der Waals surface area contributed by atoms with Gasteiger partial charge in [-0.25, -0.2) is 4.98 Å². The fraction of sp³-hybridized carbons (Fsp3) is 0.344. The highest BCUT2D eigenvalue weighted by Crippen LogP contribution is 2.39. The fourth-order valence-corrected chi connectivity index (χ4v) is 5.49. The second-order valence-corrected chi connectivity index (χ2v) is 10.5. The van der Waals surface area contributed by atoms with Crippen LogP contribution in [0.2, 0.25) is 0 Å². The molecule has 6 rings (SSSR count). The SMILES string of the molecule is O=C(Nc1cccc(C2OC(CN3CCCCC3)CC(c3ccc(CO)cc3)O2)c1)c1cnc2ccccc2n1. The van der Waals surface area contributed by atoms with Gasteiger partial charge in [0.25, 0.3) is 5.91 Å². The summed E-state index contributed by atoms with van der Waals surface area (Å²) < 4.78 is 13.0. The van der Waals surface area contributed by atoms with Crippen LogP contribution in [-0.4, -0.2) is 51.6 Å². The molecule has 0 radical (unpaired) electrons. The highest BCUT2D eigenvalue weighted by atomic mass is 16.7. The number of nitrogens with zero attached hydrogens (tertiary/aromatic N) is 3. The van der Waals surface area contributed by atoms with Gasteiger partial charge in [-0.3, -0.25) is 9.78 Å². The number of amides is 1. The number of aliphatic hydroxyl groups excluding tert-OH is 1. The molecule has 3 aromatic carbocycles. The largest absolute Gasteiger partial charge is 0.392 e. The van der Waals surface area contributed by atoms with E-state index in [4.69, 9.17) is 9.47 Å². The smallest absolute Gasteiger partial charge is 0.275 e.